The molecule has 3 nitrogen and oxygen atoms in total. The van der Waals surface area contributed by atoms with Crippen LogP contribution in [0.4, 0.5) is 0 Å². The van der Waals surface area contributed by atoms with Crippen molar-refractivity contribution in [2.75, 3.05) is 6.54 Å². The predicted molar refractivity (Wildman–Crippen MR) is 53.8 cm³/mol. The Morgan fingerprint density at radius 3 is 3.43 bits per heavy atom. The van der Waals surface area contributed by atoms with E-state index in [9.17, 15) is 0 Å². The van der Waals surface area contributed by atoms with Crippen molar-refractivity contribution in [3.8, 4) is 0 Å². The van der Waals surface area contributed by atoms with E-state index in [1.54, 1.807) is 0 Å². The van der Waals surface area contributed by atoms with Gasteiger partial charge in [0.2, 0.25) is 0 Å². The summed E-state index contributed by atoms with van der Waals surface area (Å²) in [6.45, 7) is 1.94. The minimum atomic E-state index is 0.813. The summed E-state index contributed by atoms with van der Waals surface area (Å²) in [5.41, 5.74) is 3.30. The monoisotopic (exact) mass is 184 g/mol. The van der Waals surface area contributed by atoms with Crippen LogP contribution in [0.3, 0.4) is 0 Å². The molecular formula is C11H10N3. The molecule has 1 radical (unpaired) electrons. The fourth-order valence-corrected chi connectivity index (χ4v) is 1.84. The Morgan fingerprint density at radius 2 is 2.43 bits per heavy atom. The molecule has 0 aromatic carbocycles. The van der Waals surface area contributed by atoms with Crippen molar-refractivity contribution in [2.45, 2.75) is 13.0 Å². The molecule has 0 bridgehead atoms. The van der Waals surface area contributed by atoms with E-state index in [0.29, 0.717) is 0 Å². The highest BCUT2D eigenvalue weighted by molar-refractivity contribution is 5.75. The third-order valence-corrected chi connectivity index (χ3v) is 2.56. The van der Waals surface area contributed by atoms with Crippen molar-refractivity contribution >= 4 is 11.0 Å². The highest BCUT2D eigenvalue weighted by Gasteiger charge is 2.10. The fourth-order valence-electron chi connectivity index (χ4n) is 1.84. The largest absolute Gasteiger partial charge is 0.312 e. The number of fused-ring (bicyclic) bond motifs is 2. The lowest BCUT2D eigenvalue weighted by Gasteiger charge is -2.16. The van der Waals surface area contributed by atoms with Crippen molar-refractivity contribution in [1.82, 2.24) is 15.3 Å². The van der Waals surface area contributed by atoms with Gasteiger partial charge in [0, 0.05) is 30.6 Å². The van der Waals surface area contributed by atoms with Crippen LogP contribution in [0.2, 0.25) is 0 Å². The van der Waals surface area contributed by atoms with Crippen LogP contribution in [0.25, 0.3) is 11.0 Å². The minimum absolute atomic E-state index is 0.813. The van der Waals surface area contributed by atoms with Crippen molar-refractivity contribution in [3.63, 3.8) is 0 Å². The van der Waals surface area contributed by atoms with Gasteiger partial charge in [-0.1, -0.05) is 0 Å². The number of nitrogens with zero attached hydrogens (tertiary/aromatic N) is 2. The van der Waals surface area contributed by atoms with Crippen LogP contribution < -0.4 is 5.32 Å². The summed E-state index contributed by atoms with van der Waals surface area (Å²) in [4.78, 5) is 8.67. The van der Waals surface area contributed by atoms with E-state index >= 15 is 0 Å². The van der Waals surface area contributed by atoms with E-state index in [4.69, 9.17) is 0 Å². The molecule has 0 spiro atoms. The van der Waals surface area contributed by atoms with Gasteiger partial charge in [0.15, 0.2) is 5.65 Å². The molecule has 0 unspecified atom stereocenters. The Labute approximate surface area is 82.2 Å². The lowest BCUT2D eigenvalue weighted by Crippen LogP contribution is -2.24. The molecule has 2 aromatic rings. The van der Waals surface area contributed by atoms with Crippen LogP contribution in [-0.2, 0) is 13.0 Å². The van der Waals surface area contributed by atoms with Gasteiger partial charge in [0.1, 0.15) is 0 Å². The summed E-state index contributed by atoms with van der Waals surface area (Å²) < 4.78 is 0. The van der Waals surface area contributed by atoms with Crippen LogP contribution in [0, 0.1) is 6.20 Å². The highest BCUT2D eigenvalue weighted by Crippen LogP contribution is 2.17. The molecule has 3 heterocycles. The van der Waals surface area contributed by atoms with Gasteiger partial charge in [-0.15, -0.1) is 0 Å². The third-order valence-electron chi connectivity index (χ3n) is 2.56. The molecular weight excluding hydrogens is 174 g/mol. The van der Waals surface area contributed by atoms with Crippen LogP contribution in [0.15, 0.2) is 18.2 Å². The third kappa shape index (κ3) is 1.17. The van der Waals surface area contributed by atoms with Crippen LogP contribution in [-0.4, -0.2) is 16.5 Å². The van der Waals surface area contributed by atoms with Gasteiger partial charge in [-0.25, -0.2) is 9.97 Å². The van der Waals surface area contributed by atoms with Crippen LogP contribution >= 0.6 is 0 Å². The number of pyridine rings is 2. The van der Waals surface area contributed by atoms with Crippen LogP contribution in [0.5, 0.6) is 0 Å². The number of aromatic nitrogens is 2. The topological polar surface area (TPSA) is 37.8 Å². The van der Waals surface area contributed by atoms with Gasteiger partial charge in [-0.2, -0.15) is 0 Å². The molecule has 0 aliphatic carbocycles. The van der Waals surface area contributed by atoms with Crippen LogP contribution in [0.1, 0.15) is 11.3 Å². The van der Waals surface area contributed by atoms with Gasteiger partial charge in [-0.05, 0) is 23.8 Å². The first-order valence-electron chi connectivity index (χ1n) is 4.80. The maximum Gasteiger partial charge on any atom is 0.160 e. The zero-order valence-electron chi connectivity index (χ0n) is 7.75. The average Bonchev–Trinajstić information content (AvgIpc) is 2.26. The normalized spacial score (nSPS) is 15.4. The van der Waals surface area contributed by atoms with Crippen molar-refractivity contribution in [3.05, 3.63) is 35.7 Å². The molecule has 3 heteroatoms. The second-order valence-corrected chi connectivity index (χ2v) is 3.51. The molecule has 3 rings (SSSR count). The Balaban J connectivity index is 2.27. The minimum Gasteiger partial charge on any atom is -0.312 e. The Bertz CT molecular complexity index is 434. The van der Waals surface area contributed by atoms with Gasteiger partial charge >= 0.3 is 0 Å². The summed E-state index contributed by atoms with van der Waals surface area (Å²) in [6.07, 6.45) is 3.82. The zero-order valence-corrected chi connectivity index (χ0v) is 7.75. The van der Waals surface area contributed by atoms with Gasteiger partial charge in [-0.3, -0.25) is 0 Å². The van der Waals surface area contributed by atoms with E-state index < -0.39 is 0 Å². The first-order chi connectivity index (χ1) is 6.93. The summed E-state index contributed by atoms with van der Waals surface area (Å²) in [7, 11) is 0. The average molecular weight is 184 g/mol. The summed E-state index contributed by atoms with van der Waals surface area (Å²) in [6, 6.07) is 6.00. The summed E-state index contributed by atoms with van der Waals surface area (Å²) in [5, 5.41) is 4.44. The molecule has 0 amide bonds. The Kier molecular flexibility index (Phi) is 1.70. The second kappa shape index (κ2) is 3.03. The molecule has 0 atom stereocenters. The molecule has 1 N–H and O–H groups in total. The zero-order chi connectivity index (χ0) is 9.38. The number of nitrogens with one attached hydrogen (secondary N) is 1. The summed E-state index contributed by atoms with van der Waals surface area (Å²) in [5.74, 6) is 0. The molecule has 2 aromatic heterocycles. The first kappa shape index (κ1) is 7.88. The van der Waals surface area contributed by atoms with Gasteiger partial charge < -0.3 is 5.32 Å². The fraction of sp³-hybridized carbons (Fsp3) is 0.273. The molecule has 1 aliphatic heterocycles. The van der Waals surface area contributed by atoms with Crippen molar-refractivity contribution < 1.29 is 0 Å². The number of hydrogen-bond acceptors (Lipinski definition) is 3. The van der Waals surface area contributed by atoms with Gasteiger partial charge in [0.25, 0.3) is 0 Å². The molecule has 0 fully saturated rings. The lowest BCUT2D eigenvalue weighted by molar-refractivity contribution is 0.632. The number of rotatable bonds is 0. The van der Waals surface area contributed by atoms with Crippen molar-refractivity contribution in [2.24, 2.45) is 0 Å². The molecule has 0 saturated heterocycles. The lowest BCUT2D eigenvalue weighted by atomic mass is 10.1. The second-order valence-electron chi connectivity index (χ2n) is 3.51. The van der Waals surface area contributed by atoms with E-state index in [0.717, 1.165) is 30.5 Å². The molecule has 14 heavy (non-hydrogen) atoms. The van der Waals surface area contributed by atoms with Gasteiger partial charge in [0.05, 0.1) is 6.20 Å². The standard InChI is InChI=1S/C11H10N3/c1-2-8-6-9-7-12-5-3-10(9)14-11(8)13-4-1/h1-2,6,12H,3,5,7H2. The number of hydrogen-bond donors (Lipinski definition) is 1. The van der Waals surface area contributed by atoms with E-state index in [2.05, 4.69) is 27.5 Å². The van der Waals surface area contributed by atoms with E-state index in [-0.39, 0.29) is 0 Å². The van der Waals surface area contributed by atoms with E-state index in [1.807, 2.05) is 12.1 Å². The molecule has 69 valence electrons. The predicted octanol–water partition coefficient (Wildman–Crippen LogP) is 1.08. The molecule has 0 saturated carbocycles. The maximum atomic E-state index is 4.53. The Morgan fingerprint density at radius 1 is 1.43 bits per heavy atom. The maximum absolute atomic E-state index is 4.53. The van der Waals surface area contributed by atoms with E-state index in [1.165, 1.54) is 11.3 Å². The highest BCUT2D eigenvalue weighted by atomic mass is 14.9. The van der Waals surface area contributed by atoms with Crippen molar-refractivity contribution in [1.29, 1.82) is 0 Å². The molecule has 1 aliphatic rings. The summed E-state index contributed by atoms with van der Waals surface area (Å²) >= 11 is 0. The Hall–Kier alpha value is -1.48. The smallest absolute Gasteiger partial charge is 0.160 e. The first-order valence-corrected chi connectivity index (χ1v) is 4.80. The quantitative estimate of drug-likeness (QED) is 0.665. The SMILES string of the molecule is [c]1ccc2cc3c(nc2n1)CCNC3.